The van der Waals surface area contributed by atoms with Gasteiger partial charge < -0.3 is 4.74 Å². The zero-order chi connectivity index (χ0) is 12.3. The number of hydrogen-bond donors (Lipinski definition) is 1. The van der Waals surface area contributed by atoms with Crippen molar-refractivity contribution in [3.8, 4) is 0 Å². The summed E-state index contributed by atoms with van der Waals surface area (Å²) in [6.45, 7) is 5.35. The first-order chi connectivity index (χ1) is 8.08. The molecular formula is C11H22N2O3S. The Morgan fingerprint density at radius 2 is 2.24 bits per heavy atom. The molecule has 2 fully saturated rings. The Morgan fingerprint density at radius 3 is 2.88 bits per heavy atom. The maximum atomic E-state index is 12.1. The third kappa shape index (κ3) is 3.64. The van der Waals surface area contributed by atoms with E-state index in [0.717, 1.165) is 25.9 Å². The van der Waals surface area contributed by atoms with Gasteiger partial charge in [0, 0.05) is 26.2 Å². The Hall–Kier alpha value is -0.170. The molecular weight excluding hydrogens is 240 g/mol. The fourth-order valence-corrected chi connectivity index (χ4v) is 3.87. The van der Waals surface area contributed by atoms with Crippen LogP contribution in [0.5, 0.6) is 0 Å². The molecule has 1 N–H and O–H groups in total. The second-order valence-electron chi connectivity index (χ2n) is 5.19. The first-order valence-electron chi connectivity index (χ1n) is 6.40. The van der Waals surface area contributed by atoms with Crippen molar-refractivity contribution in [3.05, 3.63) is 0 Å². The SMILES string of the molecule is C[C@H]1CCCN(S(=O)(=O)NC[C@H]2CCOC2)C1. The molecule has 2 rings (SSSR count). The molecule has 0 aromatic rings. The summed E-state index contributed by atoms with van der Waals surface area (Å²) in [7, 11) is -3.28. The molecule has 2 saturated heterocycles. The monoisotopic (exact) mass is 262 g/mol. The van der Waals surface area contributed by atoms with E-state index in [2.05, 4.69) is 11.6 Å². The fourth-order valence-electron chi connectivity index (χ4n) is 2.42. The van der Waals surface area contributed by atoms with E-state index < -0.39 is 10.2 Å². The van der Waals surface area contributed by atoms with Crippen LogP contribution in [0.3, 0.4) is 0 Å². The summed E-state index contributed by atoms with van der Waals surface area (Å²) in [5, 5.41) is 0. The average molecular weight is 262 g/mol. The minimum atomic E-state index is -3.28. The number of hydrogen-bond acceptors (Lipinski definition) is 3. The smallest absolute Gasteiger partial charge is 0.279 e. The van der Waals surface area contributed by atoms with Crippen LogP contribution in [0, 0.1) is 11.8 Å². The summed E-state index contributed by atoms with van der Waals surface area (Å²) in [5.41, 5.74) is 0. The van der Waals surface area contributed by atoms with Crippen molar-refractivity contribution in [2.45, 2.75) is 26.2 Å². The highest BCUT2D eigenvalue weighted by Crippen LogP contribution is 2.18. The van der Waals surface area contributed by atoms with Gasteiger partial charge in [-0.25, -0.2) is 4.72 Å². The number of rotatable bonds is 4. The number of piperidine rings is 1. The maximum absolute atomic E-state index is 12.1. The largest absolute Gasteiger partial charge is 0.381 e. The van der Waals surface area contributed by atoms with Crippen LogP contribution >= 0.6 is 0 Å². The lowest BCUT2D eigenvalue weighted by molar-refractivity contribution is 0.186. The van der Waals surface area contributed by atoms with E-state index in [0.29, 0.717) is 38.1 Å². The highest BCUT2D eigenvalue weighted by atomic mass is 32.2. The van der Waals surface area contributed by atoms with Gasteiger partial charge in [-0.15, -0.1) is 0 Å². The Bertz CT molecular complexity index is 339. The fraction of sp³-hybridized carbons (Fsp3) is 1.00. The van der Waals surface area contributed by atoms with Crippen molar-refractivity contribution in [1.82, 2.24) is 9.03 Å². The van der Waals surface area contributed by atoms with Crippen LogP contribution in [-0.2, 0) is 14.9 Å². The van der Waals surface area contributed by atoms with Gasteiger partial charge in [0.25, 0.3) is 10.2 Å². The average Bonchev–Trinajstić information content (AvgIpc) is 2.79. The van der Waals surface area contributed by atoms with Gasteiger partial charge in [0.2, 0.25) is 0 Å². The highest BCUT2D eigenvalue weighted by molar-refractivity contribution is 7.87. The van der Waals surface area contributed by atoms with Crippen molar-refractivity contribution in [2.24, 2.45) is 11.8 Å². The standard InChI is InChI=1S/C11H22N2O3S/c1-10-3-2-5-13(8-10)17(14,15)12-7-11-4-6-16-9-11/h10-12H,2-9H2,1H3/t10-,11+/m0/s1. The first-order valence-corrected chi connectivity index (χ1v) is 7.84. The van der Waals surface area contributed by atoms with E-state index in [1.807, 2.05) is 0 Å². The lowest BCUT2D eigenvalue weighted by atomic mass is 10.0. The Balaban J connectivity index is 1.84. The second kappa shape index (κ2) is 5.65. The molecule has 0 bridgehead atoms. The molecule has 2 atom stereocenters. The molecule has 0 aromatic heterocycles. The summed E-state index contributed by atoms with van der Waals surface area (Å²) in [6.07, 6.45) is 3.05. The van der Waals surface area contributed by atoms with Gasteiger partial charge in [0.1, 0.15) is 0 Å². The molecule has 17 heavy (non-hydrogen) atoms. The molecule has 0 aromatic carbocycles. The van der Waals surface area contributed by atoms with Crippen molar-refractivity contribution in [2.75, 3.05) is 32.8 Å². The van der Waals surface area contributed by atoms with Crippen molar-refractivity contribution in [3.63, 3.8) is 0 Å². The molecule has 0 saturated carbocycles. The molecule has 0 aliphatic carbocycles. The van der Waals surface area contributed by atoms with Crippen LogP contribution in [0.25, 0.3) is 0 Å². The van der Waals surface area contributed by atoms with Crippen LogP contribution in [-0.4, -0.2) is 45.6 Å². The van der Waals surface area contributed by atoms with Gasteiger partial charge >= 0.3 is 0 Å². The molecule has 100 valence electrons. The van der Waals surface area contributed by atoms with E-state index in [-0.39, 0.29) is 0 Å². The molecule has 2 aliphatic heterocycles. The van der Waals surface area contributed by atoms with Gasteiger partial charge in [0.15, 0.2) is 0 Å². The summed E-state index contributed by atoms with van der Waals surface area (Å²) in [4.78, 5) is 0. The molecule has 0 radical (unpaired) electrons. The predicted molar refractivity (Wildman–Crippen MR) is 65.8 cm³/mol. The first kappa shape index (κ1) is 13.3. The molecule has 2 aliphatic rings. The Labute approximate surface area is 104 Å². The van der Waals surface area contributed by atoms with E-state index >= 15 is 0 Å². The van der Waals surface area contributed by atoms with Crippen LogP contribution in [0.1, 0.15) is 26.2 Å². The minimum Gasteiger partial charge on any atom is -0.381 e. The molecule has 0 spiro atoms. The summed E-state index contributed by atoms with van der Waals surface area (Å²) < 4.78 is 33.6. The van der Waals surface area contributed by atoms with Crippen molar-refractivity contribution < 1.29 is 13.2 Å². The highest BCUT2D eigenvalue weighted by Gasteiger charge is 2.27. The molecule has 2 heterocycles. The van der Waals surface area contributed by atoms with Gasteiger partial charge in [0.05, 0.1) is 6.61 Å². The van der Waals surface area contributed by atoms with E-state index in [4.69, 9.17) is 4.74 Å². The quantitative estimate of drug-likeness (QED) is 0.806. The van der Waals surface area contributed by atoms with Gasteiger partial charge in [-0.1, -0.05) is 6.92 Å². The normalized spacial score (nSPS) is 31.8. The lowest BCUT2D eigenvalue weighted by Crippen LogP contribution is -2.46. The zero-order valence-corrected chi connectivity index (χ0v) is 11.2. The predicted octanol–water partition coefficient (Wildman–Crippen LogP) is 0.589. The van der Waals surface area contributed by atoms with Crippen molar-refractivity contribution in [1.29, 1.82) is 0 Å². The summed E-state index contributed by atoms with van der Waals surface area (Å²) >= 11 is 0. The second-order valence-corrected chi connectivity index (χ2v) is 6.94. The van der Waals surface area contributed by atoms with E-state index in [1.165, 1.54) is 0 Å². The van der Waals surface area contributed by atoms with Crippen LogP contribution in [0.15, 0.2) is 0 Å². The third-order valence-electron chi connectivity index (χ3n) is 3.54. The summed E-state index contributed by atoms with van der Waals surface area (Å²) in [6, 6.07) is 0. The lowest BCUT2D eigenvalue weighted by Gasteiger charge is -2.30. The Kier molecular flexibility index (Phi) is 4.41. The third-order valence-corrected chi connectivity index (χ3v) is 5.08. The van der Waals surface area contributed by atoms with Crippen LogP contribution in [0.4, 0.5) is 0 Å². The van der Waals surface area contributed by atoms with Gasteiger partial charge in [-0.2, -0.15) is 12.7 Å². The molecule has 6 heteroatoms. The van der Waals surface area contributed by atoms with Crippen molar-refractivity contribution >= 4 is 10.2 Å². The molecule has 0 amide bonds. The molecule has 5 nitrogen and oxygen atoms in total. The van der Waals surface area contributed by atoms with Crippen LogP contribution in [0.2, 0.25) is 0 Å². The number of nitrogens with zero attached hydrogens (tertiary/aromatic N) is 1. The van der Waals surface area contributed by atoms with Crippen LogP contribution < -0.4 is 4.72 Å². The summed E-state index contributed by atoms with van der Waals surface area (Å²) in [5.74, 6) is 0.808. The maximum Gasteiger partial charge on any atom is 0.279 e. The van der Waals surface area contributed by atoms with E-state index in [1.54, 1.807) is 4.31 Å². The topological polar surface area (TPSA) is 58.6 Å². The van der Waals surface area contributed by atoms with Gasteiger partial charge in [-0.05, 0) is 31.1 Å². The zero-order valence-electron chi connectivity index (χ0n) is 10.4. The number of ether oxygens (including phenoxy) is 1. The van der Waals surface area contributed by atoms with E-state index in [9.17, 15) is 8.42 Å². The minimum absolute atomic E-state index is 0.340. The number of nitrogens with one attached hydrogen (secondary N) is 1. The Morgan fingerprint density at radius 1 is 1.41 bits per heavy atom. The van der Waals surface area contributed by atoms with Gasteiger partial charge in [-0.3, -0.25) is 0 Å². The molecule has 0 unspecified atom stereocenters.